The van der Waals surface area contributed by atoms with Gasteiger partial charge in [-0.2, -0.15) is 0 Å². The molecule has 4 heteroatoms. The number of nitrogens with one attached hydrogen (secondary N) is 1. The molecule has 0 bridgehead atoms. The van der Waals surface area contributed by atoms with Gasteiger partial charge in [0.05, 0.1) is 21.3 Å². The Balaban J connectivity index is 2.88. The van der Waals surface area contributed by atoms with Crippen molar-refractivity contribution in [2.45, 2.75) is 51.3 Å². The van der Waals surface area contributed by atoms with Crippen molar-refractivity contribution in [1.29, 1.82) is 0 Å². The van der Waals surface area contributed by atoms with Crippen LogP contribution >= 0.6 is 11.3 Å². The van der Waals surface area contributed by atoms with Gasteiger partial charge in [-0.25, -0.2) is 8.93 Å². The summed E-state index contributed by atoms with van der Waals surface area (Å²) in [5.74, 6) is 0. The Bertz CT molecular complexity index is 354. The second-order valence-electron chi connectivity index (χ2n) is 5.15. The number of hydrogen-bond donors (Lipinski definition) is 1. The van der Waals surface area contributed by atoms with E-state index in [9.17, 15) is 4.21 Å². The molecule has 2 atom stereocenters. The van der Waals surface area contributed by atoms with E-state index in [1.54, 1.807) is 11.3 Å². The summed E-state index contributed by atoms with van der Waals surface area (Å²) in [7, 11) is -1.03. The summed E-state index contributed by atoms with van der Waals surface area (Å²) in [6.45, 7) is 10.2. The Morgan fingerprint density at radius 3 is 2.38 bits per heavy atom. The van der Waals surface area contributed by atoms with Crippen LogP contribution in [0.1, 0.15) is 45.9 Å². The van der Waals surface area contributed by atoms with Crippen LogP contribution in [0.5, 0.6) is 0 Å². The Labute approximate surface area is 105 Å². The van der Waals surface area contributed by atoms with Crippen LogP contribution in [0, 0.1) is 0 Å². The second-order valence-corrected chi connectivity index (χ2v) is 8.06. The predicted molar refractivity (Wildman–Crippen MR) is 73.0 cm³/mol. The zero-order valence-corrected chi connectivity index (χ0v) is 12.3. The van der Waals surface area contributed by atoms with Crippen molar-refractivity contribution in [1.82, 2.24) is 4.72 Å². The topological polar surface area (TPSA) is 29.1 Å². The Morgan fingerprint density at radius 2 is 2.00 bits per heavy atom. The lowest BCUT2D eigenvalue weighted by atomic mass is 9.99. The molecule has 0 radical (unpaired) electrons. The Hall–Kier alpha value is -0.190. The molecule has 2 nitrogen and oxygen atoms in total. The normalized spacial score (nSPS) is 18.1. The largest absolute Gasteiger partial charge is 0.242 e. The summed E-state index contributed by atoms with van der Waals surface area (Å²) in [6, 6.07) is 4.14. The highest BCUT2D eigenvalue weighted by atomic mass is 32.2. The summed E-state index contributed by atoms with van der Waals surface area (Å²) in [5.41, 5.74) is -0.188. The molecule has 1 unspecified atom stereocenters. The fourth-order valence-corrected chi connectivity index (χ4v) is 3.20. The third kappa shape index (κ3) is 3.15. The van der Waals surface area contributed by atoms with E-state index in [1.165, 1.54) is 4.88 Å². The first-order valence-electron chi connectivity index (χ1n) is 5.53. The zero-order chi connectivity index (χ0) is 12.4. The van der Waals surface area contributed by atoms with Crippen molar-refractivity contribution in [3.05, 3.63) is 22.4 Å². The summed E-state index contributed by atoms with van der Waals surface area (Å²) in [5, 5.41) is 2.06. The van der Waals surface area contributed by atoms with Gasteiger partial charge in [-0.05, 0) is 45.6 Å². The summed E-state index contributed by atoms with van der Waals surface area (Å²) in [6.07, 6.45) is 0.926. The molecule has 0 saturated heterocycles. The quantitative estimate of drug-likeness (QED) is 0.882. The van der Waals surface area contributed by atoms with Gasteiger partial charge >= 0.3 is 0 Å². The number of hydrogen-bond acceptors (Lipinski definition) is 2. The molecule has 1 aromatic rings. The Kier molecular flexibility index (Phi) is 4.32. The molecule has 16 heavy (non-hydrogen) atoms. The van der Waals surface area contributed by atoms with Crippen LogP contribution in [-0.4, -0.2) is 8.96 Å². The van der Waals surface area contributed by atoms with Crippen molar-refractivity contribution in [3.8, 4) is 0 Å². The van der Waals surface area contributed by atoms with E-state index in [2.05, 4.69) is 30.0 Å². The molecule has 0 spiro atoms. The maximum Gasteiger partial charge on any atom is 0.0978 e. The Morgan fingerprint density at radius 1 is 1.38 bits per heavy atom. The van der Waals surface area contributed by atoms with Crippen LogP contribution in [0.25, 0.3) is 0 Å². The fraction of sp³-hybridized carbons (Fsp3) is 0.667. The van der Waals surface area contributed by atoms with Crippen LogP contribution in [0.2, 0.25) is 0 Å². The zero-order valence-electron chi connectivity index (χ0n) is 10.7. The molecule has 92 valence electrons. The SMILES string of the molecule is CC[C@](C)(NS(=O)C(C)(C)C)c1cccs1. The van der Waals surface area contributed by atoms with E-state index in [-0.39, 0.29) is 10.3 Å². The molecule has 0 aliphatic heterocycles. The highest BCUT2D eigenvalue weighted by molar-refractivity contribution is 7.84. The van der Waals surface area contributed by atoms with Gasteiger partial charge in [-0.15, -0.1) is 11.3 Å². The average Bonchev–Trinajstić information content (AvgIpc) is 2.69. The van der Waals surface area contributed by atoms with Crippen LogP contribution < -0.4 is 4.72 Å². The maximum atomic E-state index is 12.1. The van der Waals surface area contributed by atoms with Crippen LogP contribution in [0.15, 0.2) is 17.5 Å². The van der Waals surface area contributed by atoms with Gasteiger partial charge in [0.25, 0.3) is 0 Å². The molecule has 0 saturated carbocycles. The van der Waals surface area contributed by atoms with Gasteiger partial charge in [0.15, 0.2) is 0 Å². The monoisotopic (exact) mass is 259 g/mol. The van der Waals surface area contributed by atoms with Gasteiger partial charge in [0, 0.05) is 4.88 Å². The molecule has 0 aliphatic rings. The first-order valence-corrected chi connectivity index (χ1v) is 7.56. The second kappa shape index (κ2) is 4.98. The number of rotatable bonds is 4. The molecule has 0 fully saturated rings. The van der Waals surface area contributed by atoms with E-state index in [0.29, 0.717) is 0 Å². The van der Waals surface area contributed by atoms with Gasteiger partial charge in [-0.1, -0.05) is 13.0 Å². The smallest absolute Gasteiger partial charge is 0.0978 e. The fourth-order valence-electron chi connectivity index (χ4n) is 1.25. The lowest BCUT2D eigenvalue weighted by Gasteiger charge is -2.31. The van der Waals surface area contributed by atoms with Crippen LogP contribution in [0.3, 0.4) is 0 Å². The minimum absolute atomic E-state index is 0.188. The molecule has 1 N–H and O–H groups in total. The summed E-state index contributed by atoms with van der Waals surface area (Å²) >= 11 is 1.71. The first-order chi connectivity index (χ1) is 7.29. The molecule has 1 rings (SSSR count). The lowest BCUT2D eigenvalue weighted by Crippen LogP contribution is -2.45. The summed E-state index contributed by atoms with van der Waals surface area (Å²) in [4.78, 5) is 1.24. The van der Waals surface area contributed by atoms with Gasteiger partial charge < -0.3 is 0 Å². The van der Waals surface area contributed by atoms with E-state index in [4.69, 9.17) is 0 Å². The third-order valence-corrected chi connectivity index (χ3v) is 5.53. The minimum atomic E-state index is -1.03. The maximum absolute atomic E-state index is 12.1. The van der Waals surface area contributed by atoms with E-state index in [1.807, 2.05) is 26.8 Å². The van der Waals surface area contributed by atoms with Crippen molar-refractivity contribution in [2.24, 2.45) is 0 Å². The van der Waals surface area contributed by atoms with Crippen molar-refractivity contribution in [2.75, 3.05) is 0 Å². The molecular formula is C12H21NOS2. The predicted octanol–water partition coefficient (Wildman–Crippen LogP) is 3.43. The molecule has 0 aromatic carbocycles. The van der Waals surface area contributed by atoms with E-state index in [0.717, 1.165) is 6.42 Å². The van der Waals surface area contributed by atoms with Crippen molar-refractivity contribution in [3.63, 3.8) is 0 Å². The van der Waals surface area contributed by atoms with Gasteiger partial charge in [0.2, 0.25) is 0 Å². The molecule has 1 aromatic heterocycles. The third-order valence-electron chi connectivity index (χ3n) is 2.65. The van der Waals surface area contributed by atoms with Gasteiger partial charge in [0.1, 0.15) is 0 Å². The van der Waals surface area contributed by atoms with E-state index < -0.39 is 11.0 Å². The minimum Gasteiger partial charge on any atom is -0.242 e. The standard InChI is InChI=1S/C12H21NOS2/c1-6-12(5,10-8-7-9-15-10)13-16(14)11(2,3)4/h7-9,13H,6H2,1-5H3/t12-,16?/m0/s1. The molecular weight excluding hydrogens is 238 g/mol. The van der Waals surface area contributed by atoms with Crippen LogP contribution in [-0.2, 0) is 16.5 Å². The van der Waals surface area contributed by atoms with E-state index >= 15 is 0 Å². The molecule has 1 heterocycles. The molecule has 0 aliphatic carbocycles. The number of thiophene rings is 1. The molecule has 0 amide bonds. The average molecular weight is 259 g/mol. The lowest BCUT2D eigenvalue weighted by molar-refractivity contribution is 0.434. The first kappa shape index (κ1) is 13.9. The summed E-state index contributed by atoms with van der Waals surface area (Å²) < 4.78 is 15.2. The van der Waals surface area contributed by atoms with Gasteiger partial charge in [-0.3, -0.25) is 0 Å². The highest BCUT2D eigenvalue weighted by Gasteiger charge is 2.31. The van der Waals surface area contributed by atoms with Crippen molar-refractivity contribution >= 4 is 22.3 Å². The highest BCUT2D eigenvalue weighted by Crippen LogP contribution is 2.30. The van der Waals surface area contributed by atoms with Crippen molar-refractivity contribution < 1.29 is 4.21 Å². The van der Waals surface area contributed by atoms with Crippen LogP contribution in [0.4, 0.5) is 0 Å².